The molecule has 0 fully saturated rings. The van der Waals surface area contributed by atoms with Crippen molar-refractivity contribution in [1.29, 1.82) is 0 Å². The molecule has 0 spiro atoms. The summed E-state index contributed by atoms with van der Waals surface area (Å²) in [5, 5.41) is 2.65. The van der Waals surface area contributed by atoms with Crippen molar-refractivity contribution in [3.05, 3.63) is 119 Å². The molecule has 10 heteroatoms. The van der Waals surface area contributed by atoms with Crippen LogP contribution in [0.25, 0.3) is 22.4 Å². The standard InChI is InChI=1S/C31H25F3N4O3/c32-31(33,34)24-10-4-8-21(14-24)17-36-30(40)23-12-13-27-26(16-23)37-29(38(27)18-28(35)39)22-9-5-11-25(15-22)41-19-20-6-2-1-3-7-20/h1-16H,17-19H2,(H2,35,39)(H,36,40). The van der Waals surface area contributed by atoms with Crippen molar-refractivity contribution in [2.24, 2.45) is 5.73 Å². The molecule has 5 aromatic rings. The molecule has 0 saturated heterocycles. The minimum absolute atomic E-state index is 0.0854. The highest BCUT2D eigenvalue weighted by Gasteiger charge is 2.30. The Morgan fingerprint density at radius 2 is 1.63 bits per heavy atom. The predicted octanol–water partition coefficient (Wildman–Crippen LogP) is 5.72. The van der Waals surface area contributed by atoms with Gasteiger partial charge in [0.05, 0.1) is 16.6 Å². The molecule has 0 bridgehead atoms. The maximum Gasteiger partial charge on any atom is 0.416 e. The van der Waals surface area contributed by atoms with E-state index in [1.54, 1.807) is 22.8 Å². The van der Waals surface area contributed by atoms with E-state index in [2.05, 4.69) is 10.3 Å². The zero-order chi connectivity index (χ0) is 29.0. The van der Waals surface area contributed by atoms with Crippen LogP contribution in [0.3, 0.4) is 0 Å². The molecular weight excluding hydrogens is 533 g/mol. The summed E-state index contributed by atoms with van der Waals surface area (Å²) in [6.45, 7) is 0.154. The van der Waals surface area contributed by atoms with Gasteiger partial charge in [-0.05, 0) is 53.6 Å². The molecule has 7 nitrogen and oxygen atoms in total. The minimum atomic E-state index is -4.47. The number of halogens is 3. The molecule has 0 aliphatic heterocycles. The van der Waals surface area contributed by atoms with Gasteiger partial charge in [-0.15, -0.1) is 0 Å². The van der Waals surface area contributed by atoms with Gasteiger partial charge < -0.3 is 20.4 Å². The van der Waals surface area contributed by atoms with Gasteiger partial charge in [-0.2, -0.15) is 13.2 Å². The Kier molecular flexibility index (Phi) is 7.73. The number of carbonyl (C=O) groups is 2. The highest BCUT2D eigenvalue weighted by atomic mass is 19.4. The highest BCUT2D eigenvalue weighted by molar-refractivity contribution is 5.98. The van der Waals surface area contributed by atoms with E-state index in [-0.39, 0.29) is 18.7 Å². The molecule has 208 valence electrons. The lowest BCUT2D eigenvalue weighted by atomic mass is 10.1. The summed E-state index contributed by atoms with van der Waals surface area (Å²) in [6, 6.07) is 26.6. The number of nitrogens with zero attached hydrogens (tertiary/aromatic N) is 2. The second-order valence-electron chi connectivity index (χ2n) is 9.37. The molecule has 41 heavy (non-hydrogen) atoms. The molecule has 0 radical (unpaired) electrons. The zero-order valence-corrected chi connectivity index (χ0v) is 21.7. The van der Waals surface area contributed by atoms with Crippen molar-refractivity contribution in [3.8, 4) is 17.1 Å². The number of ether oxygens (including phenoxy) is 1. The number of imidazole rings is 1. The lowest BCUT2D eigenvalue weighted by Crippen LogP contribution is -2.23. The maximum absolute atomic E-state index is 13.0. The number of amides is 2. The van der Waals surface area contributed by atoms with E-state index in [1.807, 2.05) is 54.6 Å². The number of alkyl halides is 3. The van der Waals surface area contributed by atoms with Gasteiger partial charge in [0, 0.05) is 17.7 Å². The smallest absolute Gasteiger partial charge is 0.416 e. The van der Waals surface area contributed by atoms with E-state index < -0.39 is 23.6 Å². The van der Waals surface area contributed by atoms with Crippen LogP contribution in [0.1, 0.15) is 27.0 Å². The molecule has 5 rings (SSSR count). The average Bonchev–Trinajstić information content (AvgIpc) is 3.32. The van der Waals surface area contributed by atoms with Gasteiger partial charge in [0.1, 0.15) is 24.7 Å². The molecular formula is C31H25F3N4O3. The SMILES string of the molecule is NC(=O)Cn1c(-c2cccc(OCc3ccccc3)c2)nc2cc(C(=O)NCc3cccc(C(F)(F)F)c3)ccc21. The molecule has 1 heterocycles. The van der Waals surface area contributed by atoms with Gasteiger partial charge in [0.2, 0.25) is 5.91 Å². The summed E-state index contributed by atoms with van der Waals surface area (Å²) in [5.41, 5.74) is 8.05. The Bertz CT molecular complexity index is 1720. The molecule has 3 N–H and O–H groups in total. The number of hydrogen-bond acceptors (Lipinski definition) is 4. The Labute approximate surface area is 233 Å². The second kappa shape index (κ2) is 11.5. The highest BCUT2D eigenvalue weighted by Crippen LogP contribution is 2.30. The Hall–Kier alpha value is -5.12. The monoisotopic (exact) mass is 558 g/mol. The molecule has 4 aromatic carbocycles. The number of benzene rings is 4. The van der Waals surface area contributed by atoms with E-state index in [1.165, 1.54) is 12.1 Å². The molecule has 0 saturated carbocycles. The molecule has 0 aliphatic carbocycles. The number of carbonyl (C=O) groups excluding carboxylic acids is 2. The van der Waals surface area contributed by atoms with E-state index in [4.69, 9.17) is 10.5 Å². The number of aromatic nitrogens is 2. The van der Waals surface area contributed by atoms with Crippen LogP contribution in [0.4, 0.5) is 13.2 Å². The Balaban J connectivity index is 1.39. The average molecular weight is 559 g/mol. The van der Waals surface area contributed by atoms with Crippen molar-refractivity contribution in [2.75, 3.05) is 0 Å². The normalized spacial score (nSPS) is 11.4. The van der Waals surface area contributed by atoms with Gasteiger partial charge in [0.25, 0.3) is 5.91 Å². The van der Waals surface area contributed by atoms with Crippen molar-refractivity contribution >= 4 is 22.8 Å². The van der Waals surface area contributed by atoms with Crippen molar-refractivity contribution in [2.45, 2.75) is 25.9 Å². The fourth-order valence-corrected chi connectivity index (χ4v) is 4.42. The summed E-state index contributed by atoms with van der Waals surface area (Å²) in [7, 11) is 0. The van der Waals surface area contributed by atoms with Crippen molar-refractivity contribution in [3.63, 3.8) is 0 Å². The Morgan fingerprint density at radius 3 is 2.39 bits per heavy atom. The summed E-state index contributed by atoms with van der Waals surface area (Å²) >= 11 is 0. The van der Waals surface area contributed by atoms with Crippen molar-refractivity contribution < 1.29 is 27.5 Å². The van der Waals surface area contributed by atoms with Crippen LogP contribution >= 0.6 is 0 Å². The van der Waals surface area contributed by atoms with Crippen LogP contribution in [0.15, 0.2) is 97.1 Å². The first-order valence-corrected chi connectivity index (χ1v) is 12.7. The fourth-order valence-electron chi connectivity index (χ4n) is 4.42. The molecule has 1 aromatic heterocycles. The molecule has 2 amide bonds. The number of fused-ring (bicyclic) bond motifs is 1. The first kappa shape index (κ1) is 27.4. The zero-order valence-electron chi connectivity index (χ0n) is 21.7. The first-order chi connectivity index (χ1) is 19.7. The Morgan fingerprint density at radius 1 is 0.878 bits per heavy atom. The topological polar surface area (TPSA) is 99.2 Å². The largest absolute Gasteiger partial charge is 0.489 e. The summed E-state index contributed by atoms with van der Waals surface area (Å²) in [5.74, 6) is 0.0285. The van der Waals surface area contributed by atoms with Gasteiger partial charge in [-0.1, -0.05) is 54.6 Å². The summed E-state index contributed by atoms with van der Waals surface area (Å²) in [4.78, 5) is 29.5. The van der Waals surface area contributed by atoms with Crippen LogP contribution in [0.5, 0.6) is 5.75 Å². The maximum atomic E-state index is 13.0. The van der Waals surface area contributed by atoms with Crippen LogP contribution in [0.2, 0.25) is 0 Å². The van der Waals surface area contributed by atoms with Crippen LogP contribution in [-0.2, 0) is 30.7 Å². The molecule has 0 aliphatic rings. The first-order valence-electron chi connectivity index (χ1n) is 12.7. The van der Waals surface area contributed by atoms with Gasteiger partial charge in [-0.3, -0.25) is 9.59 Å². The third-order valence-corrected chi connectivity index (χ3v) is 6.37. The number of rotatable bonds is 9. The second-order valence-corrected chi connectivity index (χ2v) is 9.37. The van der Waals surface area contributed by atoms with Gasteiger partial charge in [0.15, 0.2) is 0 Å². The van der Waals surface area contributed by atoms with Crippen LogP contribution in [0, 0.1) is 0 Å². The van der Waals surface area contributed by atoms with E-state index in [0.717, 1.165) is 17.7 Å². The van der Waals surface area contributed by atoms with E-state index in [0.29, 0.717) is 40.3 Å². The fraction of sp³-hybridized carbons (Fsp3) is 0.129. The quantitative estimate of drug-likeness (QED) is 0.242. The summed E-state index contributed by atoms with van der Waals surface area (Å²) in [6.07, 6.45) is -4.47. The summed E-state index contributed by atoms with van der Waals surface area (Å²) < 4.78 is 46.7. The lowest BCUT2D eigenvalue weighted by Gasteiger charge is -2.10. The number of primary amides is 1. The molecule has 0 atom stereocenters. The van der Waals surface area contributed by atoms with Crippen LogP contribution < -0.4 is 15.8 Å². The van der Waals surface area contributed by atoms with Crippen molar-refractivity contribution in [1.82, 2.24) is 14.9 Å². The van der Waals surface area contributed by atoms with Crippen LogP contribution in [-0.4, -0.2) is 21.4 Å². The lowest BCUT2D eigenvalue weighted by molar-refractivity contribution is -0.137. The van der Waals surface area contributed by atoms with Gasteiger partial charge in [-0.25, -0.2) is 4.98 Å². The third-order valence-electron chi connectivity index (χ3n) is 6.37. The van der Waals surface area contributed by atoms with Gasteiger partial charge >= 0.3 is 6.18 Å². The minimum Gasteiger partial charge on any atom is -0.489 e. The third kappa shape index (κ3) is 6.55. The number of hydrogen-bond donors (Lipinski definition) is 2. The van der Waals surface area contributed by atoms with E-state index in [9.17, 15) is 22.8 Å². The number of nitrogens with one attached hydrogen (secondary N) is 1. The predicted molar refractivity (Wildman–Crippen MR) is 148 cm³/mol. The van der Waals surface area contributed by atoms with E-state index >= 15 is 0 Å². The number of nitrogens with two attached hydrogens (primary N) is 1. The molecule has 0 unspecified atom stereocenters.